The maximum Gasteiger partial charge on any atom is 0.226 e. The Hall–Kier alpha value is -4.80. The summed E-state index contributed by atoms with van der Waals surface area (Å²) in [6.07, 6.45) is 0. The topological polar surface area (TPSA) is 51.8 Å². The first-order valence-corrected chi connectivity index (χ1v) is 12.7. The summed E-state index contributed by atoms with van der Waals surface area (Å²) in [4.78, 5) is 13.7. The van der Waals surface area contributed by atoms with Gasteiger partial charge in [0.1, 0.15) is 11.2 Å². The molecule has 5 heteroatoms. The molecule has 0 fully saturated rings. The SMILES string of the molecule is Clc1nc(-c2cccc(-c3ccccc3-c3ccccc3)c2)nc(-c2ccc3c(c2)oc2ccccc23)n1. The van der Waals surface area contributed by atoms with Gasteiger partial charge in [0.05, 0.1) is 0 Å². The van der Waals surface area contributed by atoms with E-state index in [1.807, 2.05) is 54.6 Å². The predicted molar refractivity (Wildman–Crippen MR) is 154 cm³/mol. The summed E-state index contributed by atoms with van der Waals surface area (Å²) in [6.45, 7) is 0. The molecule has 7 aromatic rings. The molecule has 0 spiro atoms. The number of nitrogens with zero attached hydrogens (tertiary/aromatic N) is 3. The normalized spacial score (nSPS) is 11.3. The smallest absolute Gasteiger partial charge is 0.226 e. The average molecular weight is 510 g/mol. The van der Waals surface area contributed by atoms with Gasteiger partial charge in [0.15, 0.2) is 11.6 Å². The second-order valence-corrected chi connectivity index (χ2v) is 9.39. The molecular formula is C33H20ClN3O. The monoisotopic (exact) mass is 509 g/mol. The molecule has 0 N–H and O–H groups in total. The molecule has 38 heavy (non-hydrogen) atoms. The van der Waals surface area contributed by atoms with E-state index in [0.29, 0.717) is 11.6 Å². The second-order valence-electron chi connectivity index (χ2n) is 9.05. The van der Waals surface area contributed by atoms with Crippen LogP contribution in [-0.2, 0) is 0 Å². The van der Waals surface area contributed by atoms with Gasteiger partial charge >= 0.3 is 0 Å². The summed E-state index contributed by atoms with van der Waals surface area (Å²) < 4.78 is 6.07. The predicted octanol–water partition coefficient (Wildman–Crippen LogP) is 9.09. The number of furan rings is 1. The van der Waals surface area contributed by atoms with E-state index in [0.717, 1.165) is 44.2 Å². The Morgan fingerprint density at radius 3 is 1.87 bits per heavy atom. The van der Waals surface area contributed by atoms with Crippen LogP contribution in [0.2, 0.25) is 5.28 Å². The van der Waals surface area contributed by atoms with Crippen molar-refractivity contribution in [2.45, 2.75) is 0 Å². The minimum atomic E-state index is 0.143. The first-order valence-electron chi connectivity index (χ1n) is 12.3. The van der Waals surface area contributed by atoms with E-state index >= 15 is 0 Å². The third-order valence-corrected chi connectivity index (χ3v) is 6.86. The molecule has 0 unspecified atom stereocenters. The van der Waals surface area contributed by atoms with Crippen LogP contribution in [0, 0.1) is 0 Å². The van der Waals surface area contributed by atoms with Crippen LogP contribution in [0.25, 0.3) is 67.0 Å². The van der Waals surface area contributed by atoms with Gasteiger partial charge in [-0.1, -0.05) is 97.1 Å². The number of hydrogen-bond acceptors (Lipinski definition) is 4. The number of fused-ring (bicyclic) bond motifs is 3. The van der Waals surface area contributed by atoms with Crippen LogP contribution >= 0.6 is 11.6 Å². The molecule has 0 aliphatic carbocycles. The molecule has 0 radical (unpaired) electrons. The Balaban J connectivity index is 1.31. The standard InChI is InChI=1S/C33H20ClN3O/c34-33-36-31(35-32(37-33)24-17-18-28-27-15-6-7-16-29(27)38-30(28)20-24)23-12-8-11-22(19-23)26-14-5-4-13-25(26)21-9-2-1-3-10-21/h1-20H. The molecule has 4 nitrogen and oxygen atoms in total. The minimum Gasteiger partial charge on any atom is -0.456 e. The maximum atomic E-state index is 6.41. The maximum absolute atomic E-state index is 6.41. The molecule has 0 aliphatic rings. The number of aromatic nitrogens is 3. The van der Waals surface area contributed by atoms with E-state index in [4.69, 9.17) is 21.0 Å². The zero-order valence-electron chi connectivity index (χ0n) is 20.2. The number of para-hydroxylation sites is 1. The van der Waals surface area contributed by atoms with Crippen LogP contribution in [0.1, 0.15) is 0 Å². The number of benzene rings is 5. The van der Waals surface area contributed by atoms with Crippen molar-refractivity contribution in [3.8, 4) is 45.0 Å². The lowest BCUT2D eigenvalue weighted by Gasteiger charge is -2.11. The van der Waals surface area contributed by atoms with Crippen molar-refractivity contribution in [3.63, 3.8) is 0 Å². The fourth-order valence-corrected chi connectivity index (χ4v) is 5.06. The number of rotatable bonds is 4. The van der Waals surface area contributed by atoms with Gasteiger partial charge in [0.2, 0.25) is 5.28 Å². The summed E-state index contributed by atoms with van der Waals surface area (Å²) in [5, 5.41) is 2.27. The molecule has 2 heterocycles. The fraction of sp³-hybridized carbons (Fsp3) is 0. The average Bonchev–Trinajstić information content (AvgIpc) is 3.35. The number of halogens is 1. The highest BCUT2D eigenvalue weighted by atomic mass is 35.5. The summed E-state index contributed by atoms with van der Waals surface area (Å²) in [5.41, 5.74) is 7.84. The lowest BCUT2D eigenvalue weighted by molar-refractivity contribution is 0.669. The van der Waals surface area contributed by atoms with Gasteiger partial charge in [-0.2, -0.15) is 9.97 Å². The van der Waals surface area contributed by atoms with Crippen LogP contribution < -0.4 is 0 Å². The molecule has 0 saturated carbocycles. The van der Waals surface area contributed by atoms with E-state index in [9.17, 15) is 0 Å². The van der Waals surface area contributed by atoms with E-state index in [1.165, 1.54) is 11.1 Å². The summed E-state index contributed by atoms with van der Waals surface area (Å²) in [7, 11) is 0. The summed E-state index contributed by atoms with van der Waals surface area (Å²) >= 11 is 6.41. The first kappa shape index (κ1) is 22.4. The molecule has 0 saturated heterocycles. The van der Waals surface area contributed by atoms with Gasteiger partial charge in [-0.3, -0.25) is 0 Å². The Morgan fingerprint density at radius 2 is 1.05 bits per heavy atom. The van der Waals surface area contributed by atoms with Crippen LogP contribution in [0.4, 0.5) is 0 Å². The van der Waals surface area contributed by atoms with E-state index in [2.05, 4.69) is 76.7 Å². The molecule has 0 bridgehead atoms. The van der Waals surface area contributed by atoms with Crippen LogP contribution in [0.15, 0.2) is 126 Å². The van der Waals surface area contributed by atoms with Crippen LogP contribution in [0.3, 0.4) is 0 Å². The Bertz CT molecular complexity index is 1950. The van der Waals surface area contributed by atoms with Gasteiger partial charge in [-0.25, -0.2) is 4.98 Å². The van der Waals surface area contributed by atoms with Gasteiger partial charge in [-0.05, 0) is 58.1 Å². The number of hydrogen-bond donors (Lipinski definition) is 0. The van der Waals surface area contributed by atoms with Gasteiger partial charge in [0.25, 0.3) is 0 Å². The van der Waals surface area contributed by atoms with Gasteiger partial charge in [-0.15, -0.1) is 0 Å². The zero-order chi connectivity index (χ0) is 25.5. The third kappa shape index (κ3) is 4.01. The lowest BCUT2D eigenvalue weighted by atomic mass is 9.94. The molecular weight excluding hydrogens is 490 g/mol. The van der Waals surface area contributed by atoms with Crippen molar-refractivity contribution >= 4 is 33.5 Å². The molecule has 0 amide bonds. The van der Waals surface area contributed by atoms with Crippen molar-refractivity contribution in [1.29, 1.82) is 0 Å². The van der Waals surface area contributed by atoms with Crippen molar-refractivity contribution in [2.24, 2.45) is 0 Å². The second kappa shape index (κ2) is 9.25. The summed E-state index contributed by atoms with van der Waals surface area (Å²) in [6, 6.07) is 41.0. The van der Waals surface area contributed by atoms with Crippen LogP contribution in [0.5, 0.6) is 0 Å². The fourth-order valence-electron chi connectivity index (χ4n) is 4.90. The highest BCUT2D eigenvalue weighted by molar-refractivity contribution is 6.28. The third-order valence-electron chi connectivity index (χ3n) is 6.69. The van der Waals surface area contributed by atoms with Gasteiger partial charge < -0.3 is 4.42 Å². The Morgan fingerprint density at radius 1 is 0.447 bits per heavy atom. The molecule has 0 atom stereocenters. The van der Waals surface area contributed by atoms with Crippen molar-refractivity contribution in [3.05, 3.63) is 127 Å². The lowest BCUT2D eigenvalue weighted by Crippen LogP contribution is -1.97. The van der Waals surface area contributed by atoms with E-state index in [1.54, 1.807) is 0 Å². The zero-order valence-corrected chi connectivity index (χ0v) is 20.9. The largest absolute Gasteiger partial charge is 0.456 e. The Labute approximate surface area is 224 Å². The molecule has 180 valence electrons. The van der Waals surface area contributed by atoms with Crippen molar-refractivity contribution < 1.29 is 4.42 Å². The molecule has 7 rings (SSSR count). The van der Waals surface area contributed by atoms with E-state index in [-0.39, 0.29) is 5.28 Å². The Kier molecular flexibility index (Phi) is 5.46. The van der Waals surface area contributed by atoms with E-state index < -0.39 is 0 Å². The van der Waals surface area contributed by atoms with Crippen molar-refractivity contribution in [1.82, 2.24) is 15.0 Å². The van der Waals surface area contributed by atoms with Crippen LogP contribution in [-0.4, -0.2) is 15.0 Å². The minimum absolute atomic E-state index is 0.143. The molecule has 0 aliphatic heterocycles. The molecule has 2 aromatic heterocycles. The quantitative estimate of drug-likeness (QED) is 0.237. The van der Waals surface area contributed by atoms with Crippen molar-refractivity contribution in [2.75, 3.05) is 0 Å². The summed E-state index contributed by atoms with van der Waals surface area (Å²) in [5.74, 6) is 1.01. The molecule has 5 aromatic carbocycles. The highest BCUT2D eigenvalue weighted by Crippen LogP contribution is 2.35. The van der Waals surface area contributed by atoms with Gasteiger partial charge in [0, 0.05) is 21.9 Å². The highest BCUT2D eigenvalue weighted by Gasteiger charge is 2.14. The first-order chi connectivity index (χ1) is 18.7.